The van der Waals surface area contributed by atoms with Crippen molar-refractivity contribution in [1.82, 2.24) is 4.57 Å². The molecule has 0 bridgehead atoms. The van der Waals surface area contributed by atoms with Gasteiger partial charge in [0.25, 0.3) is 0 Å². The number of nitrogens with zero attached hydrogens (tertiary/aromatic N) is 1. The quantitative estimate of drug-likeness (QED) is 0.617. The van der Waals surface area contributed by atoms with E-state index in [0.29, 0.717) is 17.1 Å². The van der Waals surface area contributed by atoms with Crippen molar-refractivity contribution in [2.24, 2.45) is 0 Å². The van der Waals surface area contributed by atoms with E-state index in [-0.39, 0.29) is 10.8 Å². The molecule has 0 aliphatic rings. The predicted molar refractivity (Wildman–Crippen MR) is 77.5 cm³/mol. The molecule has 0 saturated carbocycles. The second-order valence-electron chi connectivity index (χ2n) is 4.36. The summed E-state index contributed by atoms with van der Waals surface area (Å²) in [5, 5.41) is 1.88. The first-order valence-corrected chi connectivity index (χ1v) is 6.58. The van der Waals surface area contributed by atoms with Crippen LogP contribution in [-0.4, -0.2) is 4.57 Å². The molecule has 0 amide bonds. The molecule has 19 heavy (non-hydrogen) atoms. The lowest BCUT2D eigenvalue weighted by atomic mass is 10.2. The number of halogens is 3. The summed E-state index contributed by atoms with van der Waals surface area (Å²) in [7, 11) is 0. The molecular weight excluding hydrogens is 284 g/mol. The van der Waals surface area contributed by atoms with Gasteiger partial charge in [-0.05, 0) is 30.3 Å². The van der Waals surface area contributed by atoms with Crippen molar-refractivity contribution < 1.29 is 4.39 Å². The van der Waals surface area contributed by atoms with Crippen molar-refractivity contribution in [1.29, 1.82) is 0 Å². The van der Waals surface area contributed by atoms with E-state index < -0.39 is 0 Å². The third-order valence-corrected chi connectivity index (χ3v) is 3.63. The maximum atomic E-state index is 13.9. The highest BCUT2D eigenvalue weighted by Gasteiger charge is 2.08. The van der Waals surface area contributed by atoms with E-state index in [1.807, 2.05) is 35.0 Å². The molecule has 0 aliphatic heterocycles. The fourth-order valence-electron chi connectivity index (χ4n) is 2.16. The minimum absolute atomic E-state index is 0.150. The lowest BCUT2D eigenvalue weighted by Crippen LogP contribution is -2.00. The number of rotatable bonds is 2. The van der Waals surface area contributed by atoms with Gasteiger partial charge < -0.3 is 4.57 Å². The fourth-order valence-corrected chi connectivity index (χ4v) is 2.54. The van der Waals surface area contributed by atoms with E-state index in [2.05, 4.69) is 0 Å². The van der Waals surface area contributed by atoms with Gasteiger partial charge in [0, 0.05) is 27.7 Å². The molecule has 0 unspecified atom stereocenters. The highest BCUT2D eigenvalue weighted by molar-refractivity contribution is 6.31. The van der Waals surface area contributed by atoms with Crippen LogP contribution in [0.2, 0.25) is 10.0 Å². The summed E-state index contributed by atoms with van der Waals surface area (Å²) in [5.74, 6) is -0.361. The van der Waals surface area contributed by atoms with Crippen LogP contribution >= 0.6 is 23.2 Å². The van der Waals surface area contributed by atoms with Crippen molar-refractivity contribution >= 4 is 34.1 Å². The molecule has 0 N–H and O–H groups in total. The van der Waals surface area contributed by atoms with Gasteiger partial charge in [0.05, 0.1) is 11.6 Å². The molecule has 0 saturated heterocycles. The Morgan fingerprint density at radius 2 is 1.89 bits per heavy atom. The largest absolute Gasteiger partial charge is 0.343 e. The van der Waals surface area contributed by atoms with Gasteiger partial charge in [-0.25, -0.2) is 4.39 Å². The van der Waals surface area contributed by atoms with Crippen molar-refractivity contribution in [2.75, 3.05) is 0 Å². The van der Waals surface area contributed by atoms with Crippen LogP contribution in [-0.2, 0) is 6.54 Å². The van der Waals surface area contributed by atoms with E-state index in [9.17, 15) is 4.39 Å². The second kappa shape index (κ2) is 4.87. The molecule has 1 heterocycles. The Balaban J connectivity index is 2.04. The highest BCUT2D eigenvalue weighted by atomic mass is 35.5. The minimum atomic E-state index is -0.361. The van der Waals surface area contributed by atoms with Crippen LogP contribution in [0.1, 0.15) is 5.56 Å². The first kappa shape index (κ1) is 12.5. The lowest BCUT2D eigenvalue weighted by Gasteiger charge is -2.08. The average molecular weight is 294 g/mol. The molecule has 0 radical (unpaired) electrons. The van der Waals surface area contributed by atoms with Crippen LogP contribution in [0.15, 0.2) is 48.7 Å². The number of aromatic nitrogens is 1. The van der Waals surface area contributed by atoms with Gasteiger partial charge in [0.1, 0.15) is 5.82 Å². The van der Waals surface area contributed by atoms with Gasteiger partial charge in [0.2, 0.25) is 0 Å². The van der Waals surface area contributed by atoms with E-state index in [0.717, 1.165) is 10.9 Å². The first-order valence-electron chi connectivity index (χ1n) is 5.82. The number of benzene rings is 2. The Labute approximate surface area is 120 Å². The lowest BCUT2D eigenvalue weighted by molar-refractivity contribution is 0.602. The SMILES string of the molecule is Fc1c(Cl)cccc1Cn1ccc2cc(Cl)ccc21. The summed E-state index contributed by atoms with van der Waals surface area (Å²) in [6.07, 6.45) is 1.92. The third-order valence-electron chi connectivity index (χ3n) is 3.11. The molecule has 3 rings (SSSR count). The summed E-state index contributed by atoms with van der Waals surface area (Å²) < 4.78 is 15.9. The fraction of sp³-hybridized carbons (Fsp3) is 0.0667. The van der Waals surface area contributed by atoms with Gasteiger partial charge in [-0.2, -0.15) is 0 Å². The molecule has 3 aromatic rings. The van der Waals surface area contributed by atoms with Gasteiger partial charge >= 0.3 is 0 Å². The number of hydrogen-bond donors (Lipinski definition) is 0. The zero-order valence-corrected chi connectivity index (χ0v) is 11.4. The molecule has 1 nitrogen and oxygen atoms in total. The van der Waals surface area contributed by atoms with Gasteiger partial charge in [-0.1, -0.05) is 35.3 Å². The van der Waals surface area contributed by atoms with Gasteiger partial charge in [-0.15, -0.1) is 0 Å². The van der Waals surface area contributed by atoms with Crippen molar-refractivity contribution in [3.05, 3.63) is 70.1 Å². The van der Waals surface area contributed by atoms with Crippen LogP contribution in [0.4, 0.5) is 4.39 Å². The van der Waals surface area contributed by atoms with Crippen LogP contribution in [0.3, 0.4) is 0 Å². The van der Waals surface area contributed by atoms with E-state index in [1.165, 1.54) is 0 Å². The Bertz CT molecular complexity index is 749. The molecule has 2 aromatic carbocycles. The second-order valence-corrected chi connectivity index (χ2v) is 5.20. The topological polar surface area (TPSA) is 4.93 Å². The van der Waals surface area contributed by atoms with Crippen molar-refractivity contribution in [3.8, 4) is 0 Å². The number of hydrogen-bond acceptors (Lipinski definition) is 0. The maximum absolute atomic E-state index is 13.9. The summed E-state index contributed by atoms with van der Waals surface area (Å²) in [4.78, 5) is 0. The smallest absolute Gasteiger partial charge is 0.146 e. The Morgan fingerprint density at radius 1 is 1.05 bits per heavy atom. The molecule has 1 aromatic heterocycles. The molecule has 0 aliphatic carbocycles. The minimum Gasteiger partial charge on any atom is -0.343 e. The van der Waals surface area contributed by atoms with Gasteiger partial charge in [0.15, 0.2) is 0 Å². The Kier molecular flexibility index (Phi) is 3.21. The van der Waals surface area contributed by atoms with Crippen LogP contribution in [0, 0.1) is 5.82 Å². The summed E-state index contributed by atoms with van der Waals surface area (Å²) >= 11 is 11.7. The predicted octanol–water partition coefficient (Wildman–Crippen LogP) is 5.14. The Hall–Kier alpha value is -1.51. The number of fused-ring (bicyclic) bond motifs is 1. The monoisotopic (exact) mass is 293 g/mol. The van der Waals surface area contributed by atoms with Crippen LogP contribution in [0.5, 0.6) is 0 Å². The summed E-state index contributed by atoms with van der Waals surface area (Å²) in [5.41, 5.74) is 1.59. The summed E-state index contributed by atoms with van der Waals surface area (Å²) in [6, 6.07) is 12.7. The normalized spacial score (nSPS) is 11.1. The van der Waals surface area contributed by atoms with Crippen molar-refractivity contribution in [3.63, 3.8) is 0 Å². The van der Waals surface area contributed by atoms with Crippen LogP contribution < -0.4 is 0 Å². The van der Waals surface area contributed by atoms with Crippen LogP contribution in [0.25, 0.3) is 10.9 Å². The maximum Gasteiger partial charge on any atom is 0.146 e. The zero-order valence-electron chi connectivity index (χ0n) is 9.91. The Morgan fingerprint density at radius 3 is 2.74 bits per heavy atom. The third kappa shape index (κ3) is 2.34. The van der Waals surface area contributed by atoms with Crippen molar-refractivity contribution in [2.45, 2.75) is 6.54 Å². The highest BCUT2D eigenvalue weighted by Crippen LogP contribution is 2.23. The molecule has 0 atom stereocenters. The molecule has 96 valence electrons. The van der Waals surface area contributed by atoms with E-state index in [1.54, 1.807) is 18.2 Å². The van der Waals surface area contributed by atoms with E-state index in [4.69, 9.17) is 23.2 Å². The van der Waals surface area contributed by atoms with E-state index >= 15 is 0 Å². The zero-order chi connectivity index (χ0) is 13.4. The standard InChI is InChI=1S/C15H10Cl2FN/c16-12-4-5-14-10(8-12)6-7-19(14)9-11-2-1-3-13(17)15(11)18/h1-8H,9H2. The molecule has 0 spiro atoms. The molecule has 4 heteroatoms. The average Bonchev–Trinajstić information content (AvgIpc) is 2.77. The molecular formula is C15H10Cl2FN. The van der Waals surface area contributed by atoms with Gasteiger partial charge in [-0.3, -0.25) is 0 Å². The first-order chi connectivity index (χ1) is 9.15. The molecule has 0 fully saturated rings. The summed E-state index contributed by atoms with van der Waals surface area (Å²) in [6.45, 7) is 0.442.